The summed E-state index contributed by atoms with van der Waals surface area (Å²) in [6.45, 7) is 8.23. The minimum atomic E-state index is 0.0872. The van der Waals surface area contributed by atoms with Gasteiger partial charge in [0.25, 0.3) is 0 Å². The Balaban J connectivity index is 2.10. The fourth-order valence-corrected chi connectivity index (χ4v) is 4.15. The van der Waals surface area contributed by atoms with E-state index >= 15 is 0 Å². The maximum Gasteiger partial charge on any atom is 0.128 e. The van der Waals surface area contributed by atoms with Gasteiger partial charge in [-0.3, -0.25) is 15.7 Å². The van der Waals surface area contributed by atoms with Gasteiger partial charge in [0, 0.05) is 21.0 Å². The molecule has 3 rings (SSSR count). The molecule has 120 valence electrons. The molecular formula is C17H19ClN4S. The predicted octanol–water partition coefficient (Wildman–Crippen LogP) is 4.52. The third-order valence-corrected chi connectivity index (χ3v) is 5.58. The van der Waals surface area contributed by atoms with E-state index in [-0.39, 0.29) is 6.17 Å². The second-order valence-corrected chi connectivity index (χ2v) is 7.32. The van der Waals surface area contributed by atoms with E-state index in [4.69, 9.17) is 17.0 Å². The number of thiophene rings is 1. The summed E-state index contributed by atoms with van der Waals surface area (Å²) < 4.78 is 0. The van der Waals surface area contributed by atoms with E-state index < -0.39 is 0 Å². The molecule has 6 heteroatoms. The van der Waals surface area contributed by atoms with Gasteiger partial charge in [0.05, 0.1) is 5.71 Å². The van der Waals surface area contributed by atoms with E-state index in [0.29, 0.717) is 10.7 Å². The molecule has 0 radical (unpaired) electrons. The van der Waals surface area contributed by atoms with Crippen molar-refractivity contribution in [3.8, 4) is 0 Å². The lowest BCUT2D eigenvalue weighted by Crippen LogP contribution is -2.37. The van der Waals surface area contributed by atoms with Gasteiger partial charge in [0.1, 0.15) is 17.0 Å². The van der Waals surface area contributed by atoms with Gasteiger partial charge >= 0.3 is 0 Å². The van der Waals surface area contributed by atoms with Gasteiger partial charge in [-0.05, 0) is 45.4 Å². The van der Waals surface area contributed by atoms with Crippen molar-refractivity contribution in [3.05, 3.63) is 50.9 Å². The Hall–Kier alpha value is -1.85. The van der Waals surface area contributed by atoms with Crippen molar-refractivity contribution < 1.29 is 0 Å². The third kappa shape index (κ3) is 2.75. The number of nitrogens with one attached hydrogen (secondary N) is 2. The van der Waals surface area contributed by atoms with E-state index in [0.717, 1.165) is 27.5 Å². The number of halogens is 1. The Morgan fingerprint density at radius 2 is 1.91 bits per heavy atom. The molecule has 0 bridgehead atoms. The Bertz CT molecular complexity index is 792. The summed E-state index contributed by atoms with van der Waals surface area (Å²) in [5, 5.41) is 14.8. The number of benzene rings is 1. The number of hydrogen-bond acceptors (Lipinski definition) is 5. The fourth-order valence-electron chi connectivity index (χ4n) is 2.74. The largest absolute Gasteiger partial charge is 0.300 e. The van der Waals surface area contributed by atoms with Gasteiger partial charge in [-0.25, -0.2) is 0 Å². The molecule has 0 saturated heterocycles. The zero-order valence-electron chi connectivity index (χ0n) is 13.6. The highest BCUT2D eigenvalue weighted by Gasteiger charge is 2.29. The predicted molar refractivity (Wildman–Crippen MR) is 99.4 cm³/mol. The average molecular weight is 347 g/mol. The SMILES string of the molecule is CC1=NNC(C)N1c1sc(C)c(C)c1C(=N)c1ccc(Cl)cc1. The first-order valence-electron chi connectivity index (χ1n) is 7.44. The highest BCUT2D eigenvalue weighted by atomic mass is 35.5. The second kappa shape index (κ2) is 5.98. The molecule has 23 heavy (non-hydrogen) atoms. The smallest absolute Gasteiger partial charge is 0.128 e. The van der Waals surface area contributed by atoms with Crippen LogP contribution in [0, 0.1) is 19.3 Å². The summed E-state index contributed by atoms with van der Waals surface area (Å²) in [6, 6.07) is 7.44. The van der Waals surface area contributed by atoms with Crippen molar-refractivity contribution in [2.75, 3.05) is 4.90 Å². The topological polar surface area (TPSA) is 51.5 Å². The first-order chi connectivity index (χ1) is 10.9. The van der Waals surface area contributed by atoms with Crippen LogP contribution in [0.25, 0.3) is 0 Å². The van der Waals surface area contributed by atoms with E-state index in [1.807, 2.05) is 31.2 Å². The molecule has 0 aliphatic carbocycles. The lowest BCUT2D eigenvalue weighted by Gasteiger charge is -2.23. The van der Waals surface area contributed by atoms with Crippen LogP contribution in [-0.2, 0) is 0 Å². The van der Waals surface area contributed by atoms with E-state index in [9.17, 15) is 0 Å². The van der Waals surface area contributed by atoms with Crippen LogP contribution in [0.3, 0.4) is 0 Å². The second-order valence-electron chi connectivity index (χ2n) is 5.68. The molecule has 2 heterocycles. The summed E-state index contributed by atoms with van der Waals surface area (Å²) >= 11 is 7.68. The maximum atomic E-state index is 8.71. The minimum Gasteiger partial charge on any atom is -0.300 e. The van der Waals surface area contributed by atoms with Crippen molar-refractivity contribution in [1.29, 1.82) is 5.41 Å². The number of hydrogen-bond donors (Lipinski definition) is 2. The van der Waals surface area contributed by atoms with E-state index in [1.54, 1.807) is 11.3 Å². The van der Waals surface area contributed by atoms with Gasteiger partial charge in [0.15, 0.2) is 0 Å². The quantitative estimate of drug-likeness (QED) is 0.802. The highest BCUT2D eigenvalue weighted by Crippen LogP contribution is 2.38. The molecule has 1 unspecified atom stereocenters. The van der Waals surface area contributed by atoms with Crippen molar-refractivity contribution in [2.24, 2.45) is 5.10 Å². The van der Waals surface area contributed by atoms with Crippen LogP contribution in [0.2, 0.25) is 5.02 Å². The highest BCUT2D eigenvalue weighted by molar-refractivity contribution is 7.17. The normalized spacial score (nSPS) is 17.2. The molecule has 0 saturated carbocycles. The molecule has 0 fully saturated rings. The zero-order valence-corrected chi connectivity index (χ0v) is 15.1. The van der Waals surface area contributed by atoms with Crippen LogP contribution in [0.15, 0.2) is 29.4 Å². The number of hydrazone groups is 1. The van der Waals surface area contributed by atoms with Crippen LogP contribution in [0.5, 0.6) is 0 Å². The standard InChI is InChI=1S/C17H19ClN4S/c1-9-10(2)23-17(22-11(3)20-21-12(22)4)15(9)16(19)13-5-7-14(18)8-6-13/h5-8,11,19-20H,1-4H3. The lowest BCUT2D eigenvalue weighted by molar-refractivity contribution is 0.634. The summed E-state index contributed by atoms with van der Waals surface area (Å²) in [5.74, 6) is 0.920. The van der Waals surface area contributed by atoms with Crippen LogP contribution in [0.4, 0.5) is 5.00 Å². The van der Waals surface area contributed by atoms with Crippen LogP contribution < -0.4 is 10.3 Å². The van der Waals surface area contributed by atoms with Gasteiger partial charge < -0.3 is 0 Å². The number of rotatable bonds is 3. The maximum absolute atomic E-state index is 8.71. The number of anilines is 1. The molecule has 2 N–H and O–H groups in total. The molecule has 1 atom stereocenters. The molecule has 0 spiro atoms. The van der Waals surface area contributed by atoms with Crippen LogP contribution >= 0.6 is 22.9 Å². The monoisotopic (exact) mass is 346 g/mol. The first kappa shape index (κ1) is 16.0. The fraction of sp³-hybridized carbons (Fsp3) is 0.294. The molecule has 1 aliphatic rings. The Morgan fingerprint density at radius 3 is 2.48 bits per heavy atom. The minimum absolute atomic E-state index is 0.0872. The Morgan fingerprint density at radius 1 is 1.26 bits per heavy atom. The van der Waals surface area contributed by atoms with Crippen LogP contribution in [0.1, 0.15) is 35.4 Å². The molecular weight excluding hydrogens is 328 g/mol. The number of aryl methyl sites for hydroxylation is 1. The summed E-state index contributed by atoms with van der Waals surface area (Å²) in [5.41, 5.74) is 6.60. The number of nitrogens with zero attached hydrogens (tertiary/aromatic N) is 2. The molecule has 2 aromatic rings. The van der Waals surface area contributed by atoms with Gasteiger partial charge in [-0.1, -0.05) is 23.7 Å². The van der Waals surface area contributed by atoms with E-state index in [2.05, 4.69) is 36.2 Å². The molecule has 1 aromatic carbocycles. The Kier molecular flexibility index (Phi) is 4.17. The van der Waals surface area contributed by atoms with Crippen molar-refractivity contribution in [2.45, 2.75) is 33.9 Å². The van der Waals surface area contributed by atoms with Crippen LogP contribution in [-0.4, -0.2) is 17.7 Å². The molecule has 1 aromatic heterocycles. The van der Waals surface area contributed by atoms with Gasteiger partial charge in [0.2, 0.25) is 0 Å². The number of amidine groups is 1. The first-order valence-corrected chi connectivity index (χ1v) is 8.63. The summed E-state index contributed by atoms with van der Waals surface area (Å²) in [7, 11) is 0. The third-order valence-electron chi connectivity index (χ3n) is 4.12. The molecule has 0 amide bonds. The van der Waals surface area contributed by atoms with Crippen molar-refractivity contribution in [1.82, 2.24) is 5.43 Å². The van der Waals surface area contributed by atoms with Crippen molar-refractivity contribution >= 4 is 39.5 Å². The Labute approximate surface area is 145 Å². The van der Waals surface area contributed by atoms with Gasteiger partial charge in [-0.2, -0.15) is 5.10 Å². The molecule has 1 aliphatic heterocycles. The summed E-state index contributed by atoms with van der Waals surface area (Å²) in [4.78, 5) is 3.38. The average Bonchev–Trinajstić information content (AvgIpc) is 2.99. The summed E-state index contributed by atoms with van der Waals surface area (Å²) in [6.07, 6.45) is 0.0872. The lowest BCUT2D eigenvalue weighted by atomic mass is 10.00. The zero-order chi connectivity index (χ0) is 16.7. The van der Waals surface area contributed by atoms with Gasteiger partial charge in [-0.15, -0.1) is 11.3 Å². The molecule has 4 nitrogen and oxygen atoms in total. The van der Waals surface area contributed by atoms with E-state index in [1.165, 1.54) is 4.88 Å². The van der Waals surface area contributed by atoms with Crippen molar-refractivity contribution in [3.63, 3.8) is 0 Å².